The summed E-state index contributed by atoms with van der Waals surface area (Å²) in [7, 11) is 0. The van der Waals surface area contributed by atoms with E-state index in [1.807, 2.05) is 6.92 Å². The van der Waals surface area contributed by atoms with E-state index in [2.05, 4.69) is 43.4 Å². The van der Waals surface area contributed by atoms with Gasteiger partial charge in [-0.2, -0.15) is 0 Å². The molecule has 1 rings (SSSR count). The van der Waals surface area contributed by atoms with E-state index >= 15 is 0 Å². The predicted octanol–water partition coefficient (Wildman–Crippen LogP) is 2.80. The summed E-state index contributed by atoms with van der Waals surface area (Å²) in [6, 6.07) is 8.56. The Balaban J connectivity index is 2.52. The maximum absolute atomic E-state index is 11.6. The van der Waals surface area contributed by atoms with Crippen LogP contribution in [0, 0.1) is 5.92 Å². The third-order valence-electron chi connectivity index (χ3n) is 3.11. The van der Waals surface area contributed by atoms with Crippen LogP contribution in [0.1, 0.15) is 50.8 Å². The monoisotopic (exact) mass is 262 g/mol. The zero-order valence-corrected chi connectivity index (χ0v) is 12.3. The molecule has 1 aromatic carbocycles. The Morgan fingerprint density at radius 1 is 1.21 bits per heavy atom. The molecule has 106 valence electrons. The summed E-state index contributed by atoms with van der Waals surface area (Å²) in [6.45, 7) is 7.01. The lowest BCUT2D eigenvalue weighted by Gasteiger charge is -2.15. The van der Waals surface area contributed by atoms with Crippen LogP contribution in [0.15, 0.2) is 24.3 Å². The van der Waals surface area contributed by atoms with Crippen molar-refractivity contribution < 1.29 is 4.79 Å². The highest BCUT2D eigenvalue weighted by Crippen LogP contribution is 2.15. The van der Waals surface area contributed by atoms with Crippen molar-refractivity contribution in [1.82, 2.24) is 5.32 Å². The van der Waals surface area contributed by atoms with Gasteiger partial charge >= 0.3 is 0 Å². The maximum Gasteiger partial charge on any atom is 0.220 e. The Morgan fingerprint density at radius 2 is 1.84 bits per heavy atom. The van der Waals surface area contributed by atoms with Gasteiger partial charge in [-0.3, -0.25) is 4.79 Å². The molecular weight excluding hydrogens is 236 g/mol. The van der Waals surface area contributed by atoms with E-state index in [4.69, 9.17) is 5.73 Å². The third kappa shape index (κ3) is 5.88. The van der Waals surface area contributed by atoms with Gasteiger partial charge in [0.05, 0.1) is 6.04 Å². The molecule has 1 amide bonds. The number of rotatable bonds is 7. The fourth-order valence-electron chi connectivity index (χ4n) is 2.07. The first-order valence-corrected chi connectivity index (χ1v) is 7.11. The van der Waals surface area contributed by atoms with Crippen LogP contribution in [-0.2, 0) is 11.2 Å². The first kappa shape index (κ1) is 15.7. The molecular formula is C16H26N2O. The van der Waals surface area contributed by atoms with Gasteiger partial charge in [-0.1, -0.05) is 38.1 Å². The minimum atomic E-state index is 0.0541. The number of nitrogens with two attached hydrogens (primary N) is 1. The molecule has 3 nitrogen and oxygen atoms in total. The quantitative estimate of drug-likeness (QED) is 0.794. The lowest BCUT2D eigenvalue weighted by Crippen LogP contribution is -2.26. The molecule has 1 aromatic rings. The molecule has 1 atom stereocenters. The first-order valence-electron chi connectivity index (χ1n) is 7.11. The van der Waals surface area contributed by atoms with Crippen molar-refractivity contribution in [2.75, 3.05) is 6.54 Å². The van der Waals surface area contributed by atoms with Gasteiger partial charge in [0, 0.05) is 6.42 Å². The number of hydrogen-bond acceptors (Lipinski definition) is 2. The number of nitrogens with one attached hydrogen (secondary N) is 1. The molecule has 3 heteroatoms. The SMILES string of the molecule is CC(C)Cc1ccc(C(C)NC(=O)CCCN)cc1. The number of carbonyl (C=O) groups excluding carboxylic acids is 1. The molecule has 0 aliphatic heterocycles. The van der Waals surface area contributed by atoms with E-state index in [9.17, 15) is 4.79 Å². The van der Waals surface area contributed by atoms with Crippen molar-refractivity contribution in [2.24, 2.45) is 11.7 Å². The van der Waals surface area contributed by atoms with Crippen LogP contribution in [0.3, 0.4) is 0 Å². The highest BCUT2D eigenvalue weighted by atomic mass is 16.1. The molecule has 0 heterocycles. The van der Waals surface area contributed by atoms with Crippen molar-refractivity contribution >= 4 is 5.91 Å². The Bertz CT molecular complexity index is 384. The Morgan fingerprint density at radius 3 is 2.37 bits per heavy atom. The van der Waals surface area contributed by atoms with Crippen LogP contribution in [0.25, 0.3) is 0 Å². The Hall–Kier alpha value is -1.35. The average Bonchev–Trinajstić information content (AvgIpc) is 2.36. The van der Waals surface area contributed by atoms with Gasteiger partial charge in [0.1, 0.15) is 0 Å². The number of hydrogen-bond donors (Lipinski definition) is 2. The predicted molar refractivity (Wildman–Crippen MR) is 79.8 cm³/mol. The molecule has 3 N–H and O–H groups in total. The first-order chi connectivity index (χ1) is 9.02. The normalized spacial score (nSPS) is 12.5. The molecule has 19 heavy (non-hydrogen) atoms. The summed E-state index contributed by atoms with van der Waals surface area (Å²) >= 11 is 0. The fraction of sp³-hybridized carbons (Fsp3) is 0.562. The summed E-state index contributed by atoms with van der Waals surface area (Å²) in [5.74, 6) is 0.739. The molecule has 0 radical (unpaired) electrons. The highest BCUT2D eigenvalue weighted by Gasteiger charge is 2.09. The topological polar surface area (TPSA) is 55.1 Å². The van der Waals surface area contributed by atoms with Crippen LogP contribution in [0.2, 0.25) is 0 Å². The number of carbonyl (C=O) groups is 1. The summed E-state index contributed by atoms with van der Waals surface area (Å²) in [6.07, 6.45) is 2.34. The number of amides is 1. The zero-order chi connectivity index (χ0) is 14.3. The molecule has 0 aliphatic carbocycles. The van der Waals surface area contributed by atoms with Gasteiger partial charge in [0.2, 0.25) is 5.91 Å². The van der Waals surface area contributed by atoms with Crippen molar-refractivity contribution in [3.8, 4) is 0 Å². The third-order valence-corrected chi connectivity index (χ3v) is 3.11. The lowest BCUT2D eigenvalue weighted by molar-refractivity contribution is -0.121. The smallest absolute Gasteiger partial charge is 0.220 e. The fourth-order valence-corrected chi connectivity index (χ4v) is 2.07. The second kappa shape index (κ2) is 7.95. The second-order valence-electron chi connectivity index (χ2n) is 5.52. The summed E-state index contributed by atoms with van der Waals surface area (Å²) in [5.41, 5.74) is 7.89. The number of benzene rings is 1. The molecule has 0 aliphatic rings. The molecule has 0 saturated heterocycles. The standard InChI is InChI=1S/C16H26N2O/c1-12(2)11-14-6-8-15(9-7-14)13(3)18-16(19)5-4-10-17/h6-9,12-13H,4-5,10-11,17H2,1-3H3,(H,18,19). The van der Waals surface area contributed by atoms with Crippen LogP contribution < -0.4 is 11.1 Å². The van der Waals surface area contributed by atoms with Crippen molar-refractivity contribution in [3.63, 3.8) is 0 Å². The molecule has 0 aromatic heterocycles. The zero-order valence-electron chi connectivity index (χ0n) is 12.3. The van der Waals surface area contributed by atoms with E-state index in [1.165, 1.54) is 5.56 Å². The summed E-state index contributed by atoms with van der Waals surface area (Å²) < 4.78 is 0. The Kier molecular flexibility index (Phi) is 6.57. The minimum absolute atomic E-state index is 0.0541. The molecule has 0 saturated carbocycles. The molecule has 1 unspecified atom stereocenters. The second-order valence-corrected chi connectivity index (χ2v) is 5.52. The van der Waals surface area contributed by atoms with E-state index in [0.29, 0.717) is 18.9 Å². The molecule has 0 fully saturated rings. The van der Waals surface area contributed by atoms with E-state index in [-0.39, 0.29) is 11.9 Å². The van der Waals surface area contributed by atoms with Gasteiger partial charge in [-0.25, -0.2) is 0 Å². The van der Waals surface area contributed by atoms with Crippen LogP contribution in [-0.4, -0.2) is 12.5 Å². The van der Waals surface area contributed by atoms with Crippen LogP contribution in [0.4, 0.5) is 0 Å². The Labute approximate surface area is 116 Å². The van der Waals surface area contributed by atoms with Gasteiger partial charge in [0.25, 0.3) is 0 Å². The van der Waals surface area contributed by atoms with E-state index in [1.54, 1.807) is 0 Å². The lowest BCUT2D eigenvalue weighted by atomic mass is 10.00. The van der Waals surface area contributed by atoms with Crippen molar-refractivity contribution in [1.29, 1.82) is 0 Å². The van der Waals surface area contributed by atoms with Gasteiger partial charge < -0.3 is 11.1 Å². The molecule has 0 spiro atoms. The van der Waals surface area contributed by atoms with E-state index < -0.39 is 0 Å². The molecule has 0 bridgehead atoms. The van der Waals surface area contributed by atoms with Gasteiger partial charge in [-0.05, 0) is 43.4 Å². The minimum Gasteiger partial charge on any atom is -0.350 e. The highest BCUT2D eigenvalue weighted by molar-refractivity contribution is 5.76. The largest absolute Gasteiger partial charge is 0.350 e. The van der Waals surface area contributed by atoms with Crippen LogP contribution >= 0.6 is 0 Å². The summed E-state index contributed by atoms with van der Waals surface area (Å²) in [4.78, 5) is 11.6. The van der Waals surface area contributed by atoms with Gasteiger partial charge in [-0.15, -0.1) is 0 Å². The van der Waals surface area contributed by atoms with Crippen molar-refractivity contribution in [3.05, 3.63) is 35.4 Å². The average molecular weight is 262 g/mol. The van der Waals surface area contributed by atoms with Crippen molar-refractivity contribution in [2.45, 2.75) is 46.1 Å². The van der Waals surface area contributed by atoms with E-state index in [0.717, 1.165) is 18.4 Å². The van der Waals surface area contributed by atoms with Gasteiger partial charge in [0.15, 0.2) is 0 Å². The summed E-state index contributed by atoms with van der Waals surface area (Å²) in [5, 5.41) is 3.00. The maximum atomic E-state index is 11.6. The van der Waals surface area contributed by atoms with Crippen LogP contribution in [0.5, 0.6) is 0 Å².